The zero-order chi connectivity index (χ0) is 20.6. The largest absolute Gasteiger partial charge is 0.497 e. The molecule has 2 heterocycles. The Morgan fingerprint density at radius 2 is 1.53 bits per heavy atom. The lowest BCUT2D eigenvalue weighted by molar-refractivity contribution is 0.414. The van der Waals surface area contributed by atoms with Crippen molar-refractivity contribution in [1.82, 2.24) is 20.2 Å². The Bertz CT molecular complexity index is 1130. The van der Waals surface area contributed by atoms with Gasteiger partial charge in [-0.1, -0.05) is 36.4 Å². The Balaban J connectivity index is 1.63. The number of aromatic nitrogens is 4. The lowest BCUT2D eigenvalue weighted by atomic mass is 9.68. The number of imidazole rings is 1. The molecule has 1 aliphatic rings. The number of fused-ring (bicyclic) bond motifs is 1. The topological polar surface area (TPSA) is 75.8 Å². The third kappa shape index (κ3) is 2.88. The van der Waals surface area contributed by atoms with Crippen molar-refractivity contribution in [3.05, 3.63) is 89.5 Å². The zero-order valence-electron chi connectivity index (χ0n) is 16.8. The van der Waals surface area contributed by atoms with Gasteiger partial charge in [-0.3, -0.25) is 5.10 Å². The summed E-state index contributed by atoms with van der Waals surface area (Å²) in [5.74, 6) is 1.68. The highest BCUT2D eigenvalue weighted by molar-refractivity contribution is 5.74. The lowest BCUT2D eigenvalue weighted by Crippen LogP contribution is -2.30. The van der Waals surface area contributed by atoms with Crippen molar-refractivity contribution in [3.63, 3.8) is 0 Å². The van der Waals surface area contributed by atoms with Gasteiger partial charge < -0.3 is 14.5 Å². The molecule has 0 amide bonds. The Labute approximate surface area is 174 Å². The van der Waals surface area contributed by atoms with Crippen LogP contribution in [-0.4, -0.2) is 34.4 Å². The number of nitrogens with zero attached hydrogens (tertiary/aromatic N) is 2. The Morgan fingerprint density at radius 3 is 2.07 bits per heavy atom. The van der Waals surface area contributed by atoms with Crippen LogP contribution in [0.4, 0.5) is 0 Å². The van der Waals surface area contributed by atoms with Crippen LogP contribution in [-0.2, 0) is 11.8 Å². The van der Waals surface area contributed by atoms with Crippen LogP contribution in [0, 0.1) is 0 Å². The highest BCUT2D eigenvalue weighted by Crippen LogP contribution is 2.43. The third-order valence-corrected chi connectivity index (χ3v) is 5.82. The molecule has 5 rings (SSSR count). The molecule has 2 aromatic carbocycles. The summed E-state index contributed by atoms with van der Waals surface area (Å²) in [4.78, 5) is 7.36. The minimum atomic E-state index is -0.332. The number of nitrogens with one attached hydrogen (secondary N) is 2. The first-order valence-electron chi connectivity index (χ1n) is 9.78. The highest BCUT2D eigenvalue weighted by atomic mass is 16.5. The molecule has 4 aromatic rings. The van der Waals surface area contributed by atoms with E-state index in [1.54, 1.807) is 20.5 Å². The summed E-state index contributed by atoms with van der Waals surface area (Å²) in [5.41, 5.74) is 5.90. The Morgan fingerprint density at radius 1 is 0.900 bits per heavy atom. The first-order chi connectivity index (χ1) is 14.7. The fraction of sp³-hybridized carbons (Fsp3) is 0.167. The summed E-state index contributed by atoms with van der Waals surface area (Å²) in [6.45, 7) is 0. The normalized spacial score (nSPS) is 14.3. The number of hydrogen-bond donors (Lipinski definition) is 2. The van der Waals surface area contributed by atoms with Gasteiger partial charge in [0.1, 0.15) is 22.9 Å². The maximum Gasteiger partial charge on any atom is 0.119 e. The van der Waals surface area contributed by atoms with E-state index in [-0.39, 0.29) is 5.41 Å². The van der Waals surface area contributed by atoms with E-state index in [0.717, 1.165) is 40.6 Å². The van der Waals surface area contributed by atoms with E-state index in [4.69, 9.17) is 9.47 Å². The average molecular weight is 398 g/mol. The van der Waals surface area contributed by atoms with Gasteiger partial charge in [-0.15, -0.1) is 0 Å². The van der Waals surface area contributed by atoms with Crippen molar-refractivity contribution < 1.29 is 9.47 Å². The van der Waals surface area contributed by atoms with E-state index in [9.17, 15) is 0 Å². The number of H-pyrrole nitrogens is 2. The van der Waals surface area contributed by atoms with Crippen LogP contribution in [0.25, 0.3) is 17.5 Å². The molecule has 0 unspecified atom stereocenters. The molecule has 1 aliphatic carbocycles. The van der Waals surface area contributed by atoms with Crippen LogP contribution in [0.5, 0.6) is 11.5 Å². The zero-order valence-corrected chi connectivity index (χ0v) is 16.8. The van der Waals surface area contributed by atoms with Gasteiger partial charge in [0.05, 0.1) is 20.5 Å². The molecular formula is C24H22N4O2. The van der Waals surface area contributed by atoms with Gasteiger partial charge >= 0.3 is 0 Å². The number of benzene rings is 2. The molecule has 2 N–H and O–H groups in total. The van der Waals surface area contributed by atoms with Crippen molar-refractivity contribution in [1.29, 1.82) is 0 Å². The van der Waals surface area contributed by atoms with Crippen LogP contribution < -0.4 is 9.47 Å². The maximum atomic E-state index is 5.37. The van der Waals surface area contributed by atoms with Crippen molar-refractivity contribution in [2.24, 2.45) is 0 Å². The fourth-order valence-electron chi connectivity index (χ4n) is 4.19. The number of hydrogen-bond acceptors (Lipinski definition) is 4. The molecule has 0 fully saturated rings. The van der Waals surface area contributed by atoms with E-state index in [1.807, 2.05) is 30.5 Å². The monoisotopic (exact) mass is 398 g/mol. The van der Waals surface area contributed by atoms with E-state index >= 15 is 0 Å². The Kier molecular flexibility index (Phi) is 4.39. The SMILES string of the molecule is COc1ccc(C2(c3ccc(OC)cc3)C=Cc3c(-c4c[nH]cn4)n[nH]c3C2)cc1. The number of allylic oxidation sites excluding steroid dienone is 1. The molecule has 6 heteroatoms. The van der Waals surface area contributed by atoms with Gasteiger partial charge in [0.25, 0.3) is 0 Å². The summed E-state index contributed by atoms with van der Waals surface area (Å²) < 4.78 is 10.7. The summed E-state index contributed by atoms with van der Waals surface area (Å²) in [6.07, 6.45) is 8.71. The van der Waals surface area contributed by atoms with Gasteiger partial charge in [-0.05, 0) is 35.4 Å². The van der Waals surface area contributed by atoms with Gasteiger partial charge in [0, 0.05) is 29.3 Å². The highest BCUT2D eigenvalue weighted by Gasteiger charge is 2.37. The molecule has 150 valence electrons. The fourth-order valence-corrected chi connectivity index (χ4v) is 4.19. The third-order valence-electron chi connectivity index (χ3n) is 5.82. The van der Waals surface area contributed by atoms with Crippen LogP contribution in [0.3, 0.4) is 0 Å². The maximum absolute atomic E-state index is 5.37. The number of aromatic amines is 2. The van der Waals surface area contributed by atoms with Crippen molar-refractivity contribution >= 4 is 6.08 Å². The molecule has 0 bridgehead atoms. The Hall–Kier alpha value is -3.80. The number of ether oxygens (including phenoxy) is 2. The molecular weight excluding hydrogens is 376 g/mol. The molecule has 0 saturated carbocycles. The average Bonchev–Trinajstić information content (AvgIpc) is 3.48. The summed E-state index contributed by atoms with van der Waals surface area (Å²) >= 11 is 0. The van der Waals surface area contributed by atoms with E-state index in [1.165, 1.54) is 11.1 Å². The van der Waals surface area contributed by atoms with Gasteiger partial charge in [-0.2, -0.15) is 5.10 Å². The molecule has 0 saturated heterocycles. The molecule has 0 radical (unpaired) electrons. The van der Waals surface area contributed by atoms with Gasteiger partial charge in [0.15, 0.2) is 0 Å². The number of methoxy groups -OCH3 is 2. The summed E-state index contributed by atoms with van der Waals surface area (Å²) in [6, 6.07) is 16.5. The van der Waals surface area contributed by atoms with Gasteiger partial charge in [-0.25, -0.2) is 4.98 Å². The second kappa shape index (κ2) is 7.22. The van der Waals surface area contributed by atoms with Crippen LogP contribution >= 0.6 is 0 Å². The predicted molar refractivity (Wildman–Crippen MR) is 116 cm³/mol. The molecule has 2 aromatic heterocycles. The summed E-state index contributed by atoms with van der Waals surface area (Å²) in [7, 11) is 3.37. The standard InChI is InChI=1S/C24H22N4O2/c1-29-18-7-3-16(4-8-18)24(17-5-9-19(30-2)10-6-17)12-11-20-21(13-24)27-28-23(20)22-14-25-15-26-22/h3-12,14-15H,13H2,1-2H3,(H,25,26)(H,27,28). The second-order valence-electron chi connectivity index (χ2n) is 7.36. The van der Waals surface area contributed by atoms with E-state index in [0.29, 0.717) is 0 Å². The smallest absolute Gasteiger partial charge is 0.119 e. The van der Waals surface area contributed by atoms with Crippen molar-refractivity contribution in [3.8, 4) is 22.9 Å². The first kappa shape index (κ1) is 18.2. The van der Waals surface area contributed by atoms with Gasteiger partial charge in [0.2, 0.25) is 0 Å². The second-order valence-corrected chi connectivity index (χ2v) is 7.36. The quantitative estimate of drug-likeness (QED) is 0.523. The van der Waals surface area contributed by atoms with E-state index < -0.39 is 0 Å². The minimum Gasteiger partial charge on any atom is -0.497 e. The lowest BCUT2D eigenvalue weighted by Gasteiger charge is -2.34. The van der Waals surface area contributed by atoms with Crippen molar-refractivity contribution in [2.75, 3.05) is 14.2 Å². The van der Waals surface area contributed by atoms with Crippen LogP contribution in [0.15, 0.2) is 67.1 Å². The van der Waals surface area contributed by atoms with Crippen LogP contribution in [0.1, 0.15) is 22.4 Å². The first-order valence-corrected chi connectivity index (χ1v) is 9.78. The molecule has 30 heavy (non-hydrogen) atoms. The molecule has 0 spiro atoms. The number of rotatable bonds is 5. The van der Waals surface area contributed by atoms with Crippen LogP contribution in [0.2, 0.25) is 0 Å². The minimum absolute atomic E-state index is 0.332. The summed E-state index contributed by atoms with van der Waals surface area (Å²) in [5, 5.41) is 7.80. The molecule has 0 atom stereocenters. The molecule has 0 aliphatic heterocycles. The molecule has 6 nitrogen and oxygen atoms in total. The van der Waals surface area contributed by atoms with Crippen molar-refractivity contribution in [2.45, 2.75) is 11.8 Å². The predicted octanol–water partition coefficient (Wildman–Crippen LogP) is 4.37. The van der Waals surface area contributed by atoms with E-state index in [2.05, 4.69) is 56.6 Å².